The minimum Gasteiger partial charge on any atom is -0.462 e. The van der Waals surface area contributed by atoms with Crippen molar-refractivity contribution in [1.82, 2.24) is 0 Å². The summed E-state index contributed by atoms with van der Waals surface area (Å²) in [6.07, 6.45) is 37.6. The van der Waals surface area contributed by atoms with Crippen molar-refractivity contribution in [2.45, 2.75) is 250 Å². The average molecular weight is 915 g/mol. The van der Waals surface area contributed by atoms with E-state index in [1.54, 1.807) is 0 Å². The van der Waals surface area contributed by atoms with Crippen molar-refractivity contribution in [3.05, 3.63) is 36.5 Å². The minimum atomic E-state index is -4.61. The number of unbranched alkanes of at least 4 members (excludes halogenated alkanes) is 24. The predicted octanol–water partition coefficient (Wildman–Crippen LogP) is 11.0. The molecule has 13 heteroatoms. The number of ether oxygens (including phenoxy) is 4. The van der Waals surface area contributed by atoms with Gasteiger partial charge in [0.2, 0.25) is 0 Å². The van der Waals surface area contributed by atoms with Gasteiger partial charge in [0.25, 0.3) is 10.1 Å². The van der Waals surface area contributed by atoms with Gasteiger partial charge in [0.05, 0.1) is 6.61 Å². The summed E-state index contributed by atoms with van der Waals surface area (Å²) in [4.78, 5) is 25.5. The minimum absolute atomic E-state index is 0.149. The number of carbonyl (C=O) groups is 2. The van der Waals surface area contributed by atoms with Crippen LogP contribution in [-0.4, -0.2) is 96.0 Å². The van der Waals surface area contributed by atoms with Gasteiger partial charge in [-0.05, 0) is 64.2 Å². The molecule has 1 aliphatic heterocycles. The van der Waals surface area contributed by atoms with Crippen LogP contribution in [0, 0.1) is 0 Å². The molecule has 0 spiro atoms. The van der Waals surface area contributed by atoms with Crippen molar-refractivity contribution in [3.63, 3.8) is 0 Å². The summed E-state index contributed by atoms with van der Waals surface area (Å²) in [5.41, 5.74) is 0. The quantitative estimate of drug-likeness (QED) is 0.0197. The lowest BCUT2D eigenvalue weighted by Crippen LogP contribution is -2.60. The molecule has 1 rings (SSSR count). The van der Waals surface area contributed by atoms with Gasteiger partial charge in [0, 0.05) is 12.8 Å². The average Bonchev–Trinajstić information content (AvgIpc) is 3.25. The molecule has 0 aromatic rings. The number of aliphatic hydroxyl groups excluding tert-OH is 3. The molecule has 0 bridgehead atoms. The number of rotatable bonds is 42. The molecule has 6 atom stereocenters. The Bertz CT molecular complexity index is 1300. The van der Waals surface area contributed by atoms with E-state index >= 15 is 0 Å². The summed E-state index contributed by atoms with van der Waals surface area (Å²) < 4.78 is 54.2. The third-order valence-electron chi connectivity index (χ3n) is 11.4. The Balaban J connectivity index is 2.37. The maximum atomic E-state index is 12.8. The van der Waals surface area contributed by atoms with Crippen molar-refractivity contribution < 1.29 is 56.8 Å². The van der Waals surface area contributed by atoms with Crippen LogP contribution in [0.5, 0.6) is 0 Å². The first kappa shape index (κ1) is 58.9. The summed E-state index contributed by atoms with van der Waals surface area (Å²) in [6, 6.07) is 0. The van der Waals surface area contributed by atoms with Gasteiger partial charge in [-0.15, -0.1) is 0 Å². The van der Waals surface area contributed by atoms with E-state index in [1.807, 2.05) is 0 Å². The monoisotopic (exact) mass is 915 g/mol. The largest absolute Gasteiger partial charge is 0.462 e. The third kappa shape index (κ3) is 34.8. The molecule has 0 aromatic heterocycles. The molecule has 0 aromatic carbocycles. The van der Waals surface area contributed by atoms with Crippen LogP contribution >= 0.6 is 0 Å². The van der Waals surface area contributed by atoms with E-state index in [2.05, 4.69) is 50.3 Å². The van der Waals surface area contributed by atoms with Crippen LogP contribution in [0.4, 0.5) is 0 Å². The molecule has 0 amide bonds. The van der Waals surface area contributed by atoms with Crippen molar-refractivity contribution in [1.29, 1.82) is 0 Å². The maximum Gasteiger partial charge on any atom is 0.306 e. The second-order valence-corrected chi connectivity index (χ2v) is 19.0. The summed E-state index contributed by atoms with van der Waals surface area (Å²) in [6.45, 7) is 3.72. The maximum absolute atomic E-state index is 12.8. The Kier molecular flexibility index (Phi) is 37.5. The number of esters is 2. The molecule has 0 aliphatic carbocycles. The highest BCUT2D eigenvalue weighted by Crippen LogP contribution is 2.24. The number of hydrogen-bond acceptors (Lipinski definition) is 11. The topological polar surface area (TPSA) is 186 Å². The van der Waals surface area contributed by atoms with Crippen LogP contribution in [0.25, 0.3) is 0 Å². The van der Waals surface area contributed by atoms with Crippen LogP contribution in [0.15, 0.2) is 36.5 Å². The smallest absolute Gasteiger partial charge is 0.306 e. The van der Waals surface area contributed by atoms with Gasteiger partial charge in [-0.25, -0.2) is 0 Å². The summed E-state index contributed by atoms with van der Waals surface area (Å²) in [5, 5.41) is 30.9. The second kappa shape index (κ2) is 40.2. The van der Waals surface area contributed by atoms with Crippen LogP contribution in [-0.2, 0) is 38.7 Å². The fourth-order valence-corrected chi connectivity index (χ4v) is 8.20. The standard InChI is InChI=1S/C50H90O12S/c1-3-5-7-9-11-13-15-17-19-20-21-22-23-24-25-27-28-30-32-34-36-38-45(51)59-40-43(41-60-50-49(55)48(54)47(53)44(62-50)42-63(56,57)58)61-46(52)39-37-35-33-31-29-26-18-16-14-12-10-8-6-4-2/h10,12,16-19,43-44,47-50,53-55H,3-9,11,13-15,20-42H2,1-2H3,(H,56,57,58)/b12-10+,18-16+,19-17+/t43-,44-,47-,48?,49?,50+/m1/s1. The van der Waals surface area contributed by atoms with E-state index in [9.17, 15) is 37.9 Å². The van der Waals surface area contributed by atoms with E-state index < -0.39 is 71.2 Å². The highest BCUT2D eigenvalue weighted by molar-refractivity contribution is 7.85. The molecular formula is C50H90O12S. The molecule has 63 heavy (non-hydrogen) atoms. The first-order valence-electron chi connectivity index (χ1n) is 25.0. The molecule has 4 N–H and O–H groups in total. The lowest BCUT2D eigenvalue weighted by atomic mass is 10.00. The summed E-state index contributed by atoms with van der Waals surface area (Å²) in [7, 11) is -4.61. The lowest BCUT2D eigenvalue weighted by molar-refractivity contribution is -0.297. The molecule has 1 saturated heterocycles. The number of carbonyl (C=O) groups excluding carboxylic acids is 2. The molecule has 2 unspecified atom stereocenters. The molecule has 368 valence electrons. The van der Waals surface area contributed by atoms with Gasteiger partial charge >= 0.3 is 11.9 Å². The van der Waals surface area contributed by atoms with Crippen molar-refractivity contribution >= 4 is 22.1 Å². The van der Waals surface area contributed by atoms with Crippen molar-refractivity contribution in [2.24, 2.45) is 0 Å². The lowest BCUT2D eigenvalue weighted by Gasteiger charge is -2.40. The fourth-order valence-electron chi connectivity index (χ4n) is 7.51. The number of allylic oxidation sites excluding steroid dienone is 6. The van der Waals surface area contributed by atoms with Crippen LogP contribution in [0.3, 0.4) is 0 Å². The SMILES string of the molecule is CCCC/C=C/C/C=C/CCCCCCCC(=O)O[C@H](COC(=O)CCCCCCCCCCCCC/C=C/CCCCCCCC)CO[C@H]1O[C@H](CS(=O)(=O)O)[C@@H](O)C(O)C1O. The van der Waals surface area contributed by atoms with Gasteiger partial charge < -0.3 is 34.3 Å². The van der Waals surface area contributed by atoms with Gasteiger partial charge in [0.15, 0.2) is 12.4 Å². The van der Waals surface area contributed by atoms with Gasteiger partial charge in [-0.2, -0.15) is 8.42 Å². The highest BCUT2D eigenvalue weighted by Gasteiger charge is 2.46. The summed E-state index contributed by atoms with van der Waals surface area (Å²) in [5.74, 6) is -2.00. The fraction of sp³-hybridized carbons (Fsp3) is 0.840. The number of aliphatic hydroxyl groups is 3. The molecule has 12 nitrogen and oxygen atoms in total. The van der Waals surface area contributed by atoms with Gasteiger partial charge in [0.1, 0.15) is 36.8 Å². The van der Waals surface area contributed by atoms with E-state index in [1.165, 1.54) is 109 Å². The molecular weight excluding hydrogens is 825 g/mol. The molecule has 1 aliphatic rings. The van der Waals surface area contributed by atoms with Crippen LogP contribution in [0.2, 0.25) is 0 Å². The van der Waals surface area contributed by atoms with E-state index in [0.717, 1.165) is 64.2 Å². The van der Waals surface area contributed by atoms with Crippen molar-refractivity contribution in [2.75, 3.05) is 19.0 Å². The Labute approximate surface area is 382 Å². The van der Waals surface area contributed by atoms with Gasteiger partial charge in [-0.1, -0.05) is 172 Å². The van der Waals surface area contributed by atoms with E-state index in [4.69, 9.17) is 18.9 Å². The third-order valence-corrected chi connectivity index (χ3v) is 12.2. The number of hydrogen-bond donors (Lipinski definition) is 4. The van der Waals surface area contributed by atoms with E-state index in [0.29, 0.717) is 12.8 Å². The zero-order valence-corrected chi connectivity index (χ0v) is 40.2. The first-order valence-corrected chi connectivity index (χ1v) is 26.7. The van der Waals surface area contributed by atoms with Crippen LogP contribution < -0.4 is 0 Å². The zero-order chi connectivity index (χ0) is 46.2. The normalized spacial score (nSPS) is 20.0. The zero-order valence-electron chi connectivity index (χ0n) is 39.4. The Morgan fingerprint density at radius 1 is 0.540 bits per heavy atom. The van der Waals surface area contributed by atoms with Crippen LogP contribution in [0.1, 0.15) is 213 Å². The van der Waals surface area contributed by atoms with E-state index in [-0.39, 0.29) is 19.4 Å². The molecule has 0 saturated carbocycles. The predicted molar refractivity (Wildman–Crippen MR) is 252 cm³/mol. The molecule has 1 heterocycles. The molecule has 1 fully saturated rings. The molecule has 0 radical (unpaired) electrons. The highest BCUT2D eigenvalue weighted by atomic mass is 32.2. The Morgan fingerprint density at radius 2 is 0.968 bits per heavy atom. The second-order valence-electron chi connectivity index (χ2n) is 17.5. The first-order chi connectivity index (χ1) is 30.5. The van der Waals surface area contributed by atoms with Crippen molar-refractivity contribution in [3.8, 4) is 0 Å². The summed E-state index contributed by atoms with van der Waals surface area (Å²) >= 11 is 0. The Hall–Kier alpha value is -2.13. The van der Waals surface area contributed by atoms with Gasteiger partial charge in [-0.3, -0.25) is 14.1 Å². The Morgan fingerprint density at radius 3 is 1.46 bits per heavy atom.